The lowest BCUT2D eigenvalue weighted by molar-refractivity contribution is -0.143. The molecule has 1 unspecified atom stereocenters. The van der Waals surface area contributed by atoms with Crippen LogP contribution < -0.4 is 0 Å². The van der Waals surface area contributed by atoms with Crippen molar-refractivity contribution >= 4 is 23.9 Å². The van der Waals surface area contributed by atoms with Gasteiger partial charge in [-0.3, -0.25) is 33.9 Å². The van der Waals surface area contributed by atoms with Crippen LogP contribution in [0.15, 0.2) is 0 Å². The van der Waals surface area contributed by atoms with Gasteiger partial charge in [0.2, 0.25) is 0 Å². The van der Waals surface area contributed by atoms with Crippen LogP contribution in [0.3, 0.4) is 0 Å². The normalized spacial score (nSPS) is 12.5. The van der Waals surface area contributed by atoms with Gasteiger partial charge in [-0.15, -0.1) is 0 Å². The second-order valence-electron chi connectivity index (χ2n) is 6.67. The van der Waals surface area contributed by atoms with Crippen LogP contribution in [0, 0.1) is 0 Å². The Morgan fingerprint density at radius 1 is 0.679 bits per heavy atom. The minimum Gasteiger partial charge on any atom is -0.480 e. The second kappa shape index (κ2) is 13.9. The quantitative estimate of drug-likeness (QED) is 0.245. The van der Waals surface area contributed by atoms with E-state index in [0.717, 1.165) is 12.8 Å². The number of carbonyl (C=O) groups is 4. The lowest BCUT2D eigenvalue weighted by Crippen LogP contribution is -2.46. The van der Waals surface area contributed by atoms with Gasteiger partial charge in [-0.05, 0) is 13.3 Å². The highest BCUT2D eigenvalue weighted by Gasteiger charge is 2.20. The molecule has 11 heteroatoms. The molecule has 0 aromatic rings. The van der Waals surface area contributed by atoms with Gasteiger partial charge in [-0.25, -0.2) is 0 Å². The van der Waals surface area contributed by atoms with Crippen LogP contribution in [0.25, 0.3) is 0 Å². The third-order valence-corrected chi connectivity index (χ3v) is 4.17. The molecule has 0 bridgehead atoms. The molecule has 1 atom stereocenters. The molecule has 4 N–H and O–H groups in total. The van der Waals surface area contributed by atoms with Crippen molar-refractivity contribution in [2.24, 2.45) is 0 Å². The molecule has 0 saturated heterocycles. The van der Waals surface area contributed by atoms with E-state index in [0.29, 0.717) is 13.1 Å². The molecular weight excluding hydrogens is 374 g/mol. The van der Waals surface area contributed by atoms with E-state index in [2.05, 4.69) is 0 Å². The Balaban J connectivity index is 4.98. The molecule has 0 fully saturated rings. The van der Waals surface area contributed by atoms with Crippen LogP contribution >= 0.6 is 0 Å². The second-order valence-corrected chi connectivity index (χ2v) is 6.67. The molecule has 0 radical (unpaired) electrons. The number of rotatable bonds is 17. The molecule has 0 amide bonds. The van der Waals surface area contributed by atoms with Gasteiger partial charge in [0, 0.05) is 32.2 Å². The van der Waals surface area contributed by atoms with Gasteiger partial charge in [0.15, 0.2) is 0 Å². The Hall–Kier alpha value is -2.24. The molecule has 28 heavy (non-hydrogen) atoms. The fourth-order valence-electron chi connectivity index (χ4n) is 2.89. The number of nitrogens with zero attached hydrogens (tertiary/aromatic N) is 3. The first-order valence-corrected chi connectivity index (χ1v) is 9.11. The highest BCUT2D eigenvalue weighted by molar-refractivity contribution is 5.73. The molecule has 0 aromatic carbocycles. The summed E-state index contributed by atoms with van der Waals surface area (Å²) in [6, 6.07) is 0.0954. The van der Waals surface area contributed by atoms with E-state index in [1.54, 1.807) is 0 Å². The summed E-state index contributed by atoms with van der Waals surface area (Å²) in [6.45, 7) is 3.59. The molecule has 0 spiro atoms. The number of aliphatic carboxylic acids is 4. The third-order valence-electron chi connectivity index (χ3n) is 4.17. The third kappa shape index (κ3) is 13.0. The highest BCUT2D eigenvalue weighted by atomic mass is 16.4. The van der Waals surface area contributed by atoms with Gasteiger partial charge in [-0.2, -0.15) is 0 Å². The molecule has 0 aliphatic carbocycles. The van der Waals surface area contributed by atoms with E-state index < -0.39 is 50.1 Å². The van der Waals surface area contributed by atoms with E-state index in [4.69, 9.17) is 20.4 Å². The molecule has 0 saturated carbocycles. The van der Waals surface area contributed by atoms with Crippen LogP contribution in [0.2, 0.25) is 0 Å². The summed E-state index contributed by atoms with van der Waals surface area (Å²) in [5.74, 6) is -4.49. The minimum absolute atomic E-state index is 0.0954. The smallest absolute Gasteiger partial charge is 0.317 e. The Labute approximate surface area is 164 Å². The van der Waals surface area contributed by atoms with Gasteiger partial charge >= 0.3 is 23.9 Å². The van der Waals surface area contributed by atoms with Crippen LogP contribution in [-0.2, 0) is 19.2 Å². The van der Waals surface area contributed by atoms with Gasteiger partial charge in [0.1, 0.15) is 0 Å². The predicted molar refractivity (Wildman–Crippen MR) is 99.4 cm³/mol. The van der Waals surface area contributed by atoms with Crippen LogP contribution in [-0.4, -0.2) is 117 Å². The summed E-state index contributed by atoms with van der Waals surface area (Å²) in [5.41, 5.74) is 0. The Kier molecular flexibility index (Phi) is 12.7. The highest BCUT2D eigenvalue weighted by Crippen LogP contribution is 2.07. The van der Waals surface area contributed by atoms with Crippen molar-refractivity contribution in [2.75, 3.05) is 52.4 Å². The predicted octanol–water partition coefficient (Wildman–Crippen LogP) is -0.581. The van der Waals surface area contributed by atoms with Crippen LogP contribution in [0.1, 0.15) is 26.7 Å². The van der Waals surface area contributed by atoms with E-state index in [-0.39, 0.29) is 19.1 Å². The average Bonchev–Trinajstić information content (AvgIpc) is 2.52. The van der Waals surface area contributed by atoms with Gasteiger partial charge < -0.3 is 20.4 Å². The van der Waals surface area contributed by atoms with Crippen molar-refractivity contribution in [1.82, 2.24) is 14.7 Å². The molecular formula is C17H31N3O8. The monoisotopic (exact) mass is 405 g/mol. The SMILES string of the molecule is CCCC(C)N(CCN(CC(=O)O)CC(=O)O)CCN(CC(=O)O)CC(=O)O. The molecule has 0 aromatic heterocycles. The molecule has 0 aliphatic heterocycles. The first kappa shape index (κ1) is 25.8. The Morgan fingerprint density at radius 3 is 1.25 bits per heavy atom. The van der Waals surface area contributed by atoms with E-state index in [1.807, 2.05) is 18.7 Å². The lowest BCUT2D eigenvalue weighted by Gasteiger charge is -2.32. The Morgan fingerprint density at radius 2 is 1.00 bits per heavy atom. The summed E-state index contributed by atoms with van der Waals surface area (Å²) in [5, 5.41) is 35.7. The Bertz CT molecular complexity index is 457. The lowest BCUT2D eigenvalue weighted by atomic mass is 10.1. The average molecular weight is 405 g/mol. The zero-order valence-electron chi connectivity index (χ0n) is 16.4. The van der Waals surface area contributed by atoms with Gasteiger partial charge in [0.25, 0.3) is 0 Å². The molecule has 11 nitrogen and oxygen atoms in total. The summed E-state index contributed by atoms with van der Waals surface area (Å²) in [4.78, 5) is 48.3. The topological polar surface area (TPSA) is 159 Å². The molecule has 0 aliphatic rings. The summed E-state index contributed by atoms with van der Waals surface area (Å²) >= 11 is 0. The maximum atomic E-state index is 10.9. The van der Waals surface area contributed by atoms with E-state index >= 15 is 0 Å². The zero-order valence-corrected chi connectivity index (χ0v) is 16.4. The number of carboxylic acids is 4. The van der Waals surface area contributed by atoms with Crippen molar-refractivity contribution in [2.45, 2.75) is 32.7 Å². The van der Waals surface area contributed by atoms with Crippen molar-refractivity contribution in [3.63, 3.8) is 0 Å². The van der Waals surface area contributed by atoms with Crippen LogP contribution in [0.4, 0.5) is 0 Å². The van der Waals surface area contributed by atoms with Gasteiger partial charge in [-0.1, -0.05) is 13.3 Å². The fraction of sp³-hybridized carbons (Fsp3) is 0.765. The van der Waals surface area contributed by atoms with Crippen LogP contribution in [0.5, 0.6) is 0 Å². The largest absolute Gasteiger partial charge is 0.480 e. The molecule has 0 rings (SSSR count). The number of hydrogen-bond acceptors (Lipinski definition) is 7. The maximum Gasteiger partial charge on any atom is 0.317 e. The van der Waals surface area contributed by atoms with Gasteiger partial charge in [0.05, 0.1) is 26.2 Å². The summed E-state index contributed by atoms with van der Waals surface area (Å²) in [6.07, 6.45) is 1.75. The molecule has 0 heterocycles. The first-order chi connectivity index (χ1) is 13.0. The van der Waals surface area contributed by atoms with Crippen molar-refractivity contribution in [3.05, 3.63) is 0 Å². The fourth-order valence-corrected chi connectivity index (χ4v) is 2.89. The van der Waals surface area contributed by atoms with Crippen molar-refractivity contribution < 1.29 is 39.6 Å². The number of carboxylic acid groups (broad SMARTS) is 4. The minimum atomic E-state index is -1.12. The first-order valence-electron chi connectivity index (χ1n) is 9.11. The number of hydrogen-bond donors (Lipinski definition) is 4. The van der Waals surface area contributed by atoms with E-state index in [1.165, 1.54) is 9.80 Å². The molecule has 162 valence electrons. The maximum absolute atomic E-state index is 10.9. The van der Waals surface area contributed by atoms with Crippen molar-refractivity contribution in [1.29, 1.82) is 0 Å². The summed E-state index contributed by atoms with van der Waals surface area (Å²) in [7, 11) is 0. The van der Waals surface area contributed by atoms with E-state index in [9.17, 15) is 19.2 Å². The summed E-state index contributed by atoms with van der Waals surface area (Å²) < 4.78 is 0. The van der Waals surface area contributed by atoms with Crippen molar-refractivity contribution in [3.8, 4) is 0 Å². The standard InChI is InChI=1S/C17H31N3O8/c1-3-4-13(2)20(7-5-18(9-14(21)22)10-15(23)24)8-6-19(11-16(25)26)12-17(27)28/h13H,3-12H2,1-2H3,(H,21,22)(H,23,24)(H,25,26)(H,27,28). The zero-order chi connectivity index (χ0) is 21.7.